The molecule has 0 N–H and O–H groups in total. The highest BCUT2D eigenvalue weighted by Gasteiger charge is 2.17. The van der Waals surface area contributed by atoms with Crippen molar-refractivity contribution >= 4 is 10.9 Å². The highest BCUT2D eigenvalue weighted by atomic mass is 15.1. The third kappa shape index (κ3) is 3.01. The maximum atomic E-state index is 4.57. The molecule has 0 saturated heterocycles. The van der Waals surface area contributed by atoms with Crippen LogP contribution in [0.2, 0.25) is 0 Å². The molecular formula is C18H24N2. The van der Waals surface area contributed by atoms with Gasteiger partial charge in [-0.3, -0.25) is 9.88 Å². The fourth-order valence-corrected chi connectivity index (χ4v) is 3.39. The van der Waals surface area contributed by atoms with E-state index in [9.17, 15) is 0 Å². The largest absolute Gasteiger partial charge is 0.299 e. The molecule has 3 rings (SSSR count). The number of nitrogens with zero attached hydrogens (tertiary/aromatic N) is 2. The molecular weight excluding hydrogens is 244 g/mol. The van der Waals surface area contributed by atoms with Crippen molar-refractivity contribution in [2.24, 2.45) is 0 Å². The zero-order chi connectivity index (χ0) is 13.8. The van der Waals surface area contributed by atoms with E-state index in [1.165, 1.54) is 49.5 Å². The number of aromatic nitrogens is 1. The van der Waals surface area contributed by atoms with Gasteiger partial charge in [-0.1, -0.05) is 49.9 Å². The Labute approximate surface area is 121 Å². The lowest BCUT2D eigenvalue weighted by Gasteiger charge is -2.27. The van der Waals surface area contributed by atoms with E-state index < -0.39 is 0 Å². The molecule has 0 radical (unpaired) electrons. The van der Waals surface area contributed by atoms with Gasteiger partial charge in [0.15, 0.2) is 0 Å². The molecule has 0 bridgehead atoms. The van der Waals surface area contributed by atoms with Crippen molar-refractivity contribution in [1.82, 2.24) is 9.88 Å². The Morgan fingerprint density at radius 1 is 1.05 bits per heavy atom. The first kappa shape index (κ1) is 13.6. The number of para-hydroxylation sites is 1. The lowest BCUT2D eigenvalue weighted by atomic mass is 10.1. The normalized spacial score (nSPS) is 17.5. The summed E-state index contributed by atoms with van der Waals surface area (Å²) in [5.74, 6) is 0. The molecule has 2 aromatic rings. The third-order valence-corrected chi connectivity index (χ3v) is 4.58. The Morgan fingerprint density at radius 3 is 2.60 bits per heavy atom. The third-order valence-electron chi connectivity index (χ3n) is 4.58. The second-order valence-electron chi connectivity index (χ2n) is 6.05. The summed E-state index contributed by atoms with van der Waals surface area (Å²) >= 11 is 0. The Morgan fingerprint density at radius 2 is 1.80 bits per heavy atom. The zero-order valence-corrected chi connectivity index (χ0v) is 12.4. The second-order valence-corrected chi connectivity index (χ2v) is 6.05. The number of hydrogen-bond donors (Lipinski definition) is 0. The maximum absolute atomic E-state index is 4.57. The van der Waals surface area contributed by atoms with Gasteiger partial charge in [0, 0.05) is 24.2 Å². The van der Waals surface area contributed by atoms with Crippen molar-refractivity contribution < 1.29 is 0 Å². The van der Waals surface area contributed by atoms with Gasteiger partial charge in [0.1, 0.15) is 0 Å². The monoisotopic (exact) mass is 268 g/mol. The Kier molecular flexibility index (Phi) is 4.31. The Hall–Kier alpha value is -1.41. The molecule has 2 nitrogen and oxygen atoms in total. The van der Waals surface area contributed by atoms with Crippen molar-refractivity contribution in [3.8, 4) is 0 Å². The van der Waals surface area contributed by atoms with Crippen LogP contribution in [0.5, 0.6) is 0 Å². The lowest BCUT2D eigenvalue weighted by molar-refractivity contribution is 0.213. The van der Waals surface area contributed by atoms with E-state index in [1.807, 2.05) is 12.3 Å². The summed E-state index contributed by atoms with van der Waals surface area (Å²) in [5.41, 5.74) is 2.52. The van der Waals surface area contributed by atoms with Crippen LogP contribution in [0, 0.1) is 0 Å². The zero-order valence-electron chi connectivity index (χ0n) is 12.4. The van der Waals surface area contributed by atoms with Crippen LogP contribution in [0.3, 0.4) is 0 Å². The Balaban J connectivity index is 1.78. The SMILES string of the molecule is CN(Cc1cccc2cccnc12)C1CCCCCC1. The molecule has 2 heteroatoms. The van der Waals surface area contributed by atoms with Crippen molar-refractivity contribution in [3.05, 3.63) is 42.1 Å². The van der Waals surface area contributed by atoms with Crippen molar-refractivity contribution in [2.75, 3.05) is 7.05 Å². The highest BCUT2D eigenvalue weighted by Crippen LogP contribution is 2.24. The lowest BCUT2D eigenvalue weighted by Crippen LogP contribution is -2.30. The molecule has 1 saturated carbocycles. The van der Waals surface area contributed by atoms with Crippen molar-refractivity contribution in [3.63, 3.8) is 0 Å². The first-order valence-corrected chi connectivity index (χ1v) is 7.87. The van der Waals surface area contributed by atoms with Crippen LogP contribution in [-0.4, -0.2) is 23.0 Å². The molecule has 0 amide bonds. The minimum atomic E-state index is 0.747. The van der Waals surface area contributed by atoms with Gasteiger partial charge >= 0.3 is 0 Å². The number of rotatable bonds is 3. The van der Waals surface area contributed by atoms with E-state index in [2.05, 4.69) is 41.2 Å². The van der Waals surface area contributed by atoms with E-state index >= 15 is 0 Å². The van der Waals surface area contributed by atoms with Gasteiger partial charge < -0.3 is 0 Å². The molecule has 1 aliphatic carbocycles. The van der Waals surface area contributed by atoms with E-state index in [0.717, 1.165) is 18.1 Å². The average molecular weight is 268 g/mol. The summed E-state index contributed by atoms with van der Waals surface area (Å²) in [4.78, 5) is 7.11. The smallest absolute Gasteiger partial charge is 0.0746 e. The molecule has 106 valence electrons. The van der Waals surface area contributed by atoms with Crippen LogP contribution in [0.4, 0.5) is 0 Å². The predicted octanol–water partition coefficient (Wildman–Crippen LogP) is 4.39. The van der Waals surface area contributed by atoms with Crippen LogP contribution in [0.15, 0.2) is 36.5 Å². The summed E-state index contributed by atoms with van der Waals surface area (Å²) in [6.45, 7) is 1.01. The predicted molar refractivity (Wildman–Crippen MR) is 84.7 cm³/mol. The van der Waals surface area contributed by atoms with Gasteiger partial charge in [0.2, 0.25) is 0 Å². The fourth-order valence-electron chi connectivity index (χ4n) is 3.39. The first-order chi connectivity index (χ1) is 9.84. The average Bonchev–Trinajstić information content (AvgIpc) is 2.77. The van der Waals surface area contributed by atoms with E-state index in [1.54, 1.807) is 0 Å². The summed E-state index contributed by atoms with van der Waals surface area (Å²) in [6.07, 6.45) is 10.2. The minimum Gasteiger partial charge on any atom is -0.299 e. The first-order valence-electron chi connectivity index (χ1n) is 7.87. The summed E-state index contributed by atoms with van der Waals surface area (Å²) in [5, 5.41) is 1.25. The standard InChI is InChI=1S/C18H24N2/c1-20(17-11-4-2-3-5-12-17)14-16-9-6-8-15-10-7-13-19-18(15)16/h6-10,13,17H,2-5,11-12,14H2,1H3. The van der Waals surface area contributed by atoms with Crippen LogP contribution in [-0.2, 0) is 6.54 Å². The van der Waals surface area contributed by atoms with Crippen molar-refractivity contribution in [2.45, 2.75) is 51.1 Å². The summed E-state index contributed by atoms with van der Waals surface area (Å²) in [7, 11) is 2.28. The van der Waals surface area contributed by atoms with Gasteiger partial charge in [-0.25, -0.2) is 0 Å². The number of benzene rings is 1. The molecule has 0 aliphatic heterocycles. The molecule has 20 heavy (non-hydrogen) atoms. The molecule has 0 unspecified atom stereocenters. The van der Waals surface area contributed by atoms with Gasteiger partial charge in [0.25, 0.3) is 0 Å². The van der Waals surface area contributed by atoms with Gasteiger partial charge in [0.05, 0.1) is 5.52 Å². The topological polar surface area (TPSA) is 16.1 Å². The second kappa shape index (κ2) is 6.36. The molecule has 1 fully saturated rings. The molecule has 0 atom stereocenters. The maximum Gasteiger partial charge on any atom is 0.0746 e. The molecule has 1 aromatic carbocycles. The summed E-state index contributed by atoms with van der Waals surface area (Å²) in [6, 6.07) is 11.4. The minimum absolute atomic E-state index is 0.747. The highest BCUT2D eigenvalue weighted by molar-refractivity contribution is 5.81. The van der Waals surface area contributed by atoms with Gasteiger partial charge in [-0.15, -0.1) is 0 Å². The molecule has 1 aliphatic rings. The molecule has 1 aromatic heterocycles. The van der Waals surface area contributed by atoms with Crippen LogP contribution < -0.4 is 0 Å². The number of hydrogen-bond acceptors (Lipinski definition) is 2. The molecule has 0 spiro atoms. The van der Waals surface area contributed by atoms with E-state index in [0.29, 0.717) is 0 Å². The quantitative estimate of drug-likeness (QED) is 0.767. The van der Waals surface area contributed by atoms with Crippen LogP contribution in [0.25, 0.3) is 10.9 Å². The van der Waals surface area contributed by atoms with Gasteiger partial charge in [-0.2, -0.15) is 0 Å². The summed E-state index contributed by atoms with van der Waals surface area (Å²) < 4.78 is 0. The van der Waals surface area contributed by atoms with E-state index in [-0.39, 0.29) is 0 Å². The number of fused-ring (bicyclic) bond motifs is 1. The molecule has 1 heterocycles. The number of pyridine rings is 1. The van der Waals surface area contributed by atoms with Crippen LogP contribution in [0.1, 0.15) is 44.1 Å². The van der Waals surface area contributed by atoms with Crippen molar-refractivity contribution in [1.29, 1.82) is 0 Å². The Bertz CT molecular complexity index is 551. The fraction of sp³-hybridized carbons (Fsp3) is 0.500. The van der Waals surface area contributed by atoms with E-state index in [4.69, 9.17) is 0 Å². The van der Waals surface area contributed by atoms with Crippen LogP contribution >= 0.6 is 0 Å². The van der Waals surface area contributed by atoms with Gasteiger partial charge in [-0.05, 0) is 31.5 Å².